The highest BCUT2D eigenvalue weighted by atomic mass is 16.5. The van der Waals surface area contributed by atoms with Crippen molar-refractivity contribution < 1.29 is 25.5 Å². The van der Waals surface area contributed by atoms with Crippen LogP contribution in [0.2, 0.25) is 0 Å². The van der Waals surface area contributed by atoms with Crippen LogP contribution in [0.25, 0.3) is 0 Å². The van der Waals surface area contributed by atoms with Crippen LogP contribution >= 0.6 is 0 Å². The van der Waals surface area contributed by atoms with Gasteiger partial charge in [-0.15, -0.1) is 0 Å². The Hall–Kier alpha value is -1.52. The number of nitrogens with zero attached hydrogens (tertiary/aromatic N) is 1. The number of hydrogen-bond acceptors (Lipinski definition) is 4. The standard InChI is InChI=1S/C18H21NO3/c1-19-8-7-18-11-4-5-13(20)17(18)22-16-14(21-2)6-3-10(15(16)18)9-12(11)19/h3-6,11-13,17,20H,7-9H2,1-2H3/t11-,12+,13?,17?,18-/m0/s1/i1D3,2D3,12D,17D,20D. The summed E-state index contributed by atoms with van der Waals surface area (Å²) in [6.07, 6.45) is 0.358. The number of aliphatic hydroxyl groups is 1. The molecule has 0 aromatic heterocycles. The number of ether oxygens (including phenoxy) is 2. The molecule has 1 N–H and O–H groups in total. The van der Waals surface area contributed by atoms with Gasteiger partial charge < -0.3 is 19.5 Å². The lowest BCUT2D eigenvalue weighted by atomic mass is 9.53. The molecule has 1 fully saturated rings. The zero-order chi connectivity index (χ0) is 22.6. The minimum atomic E-state index is -2.74. The van der Waals surface area contributed by atoms with Crippen LogP contribution in [0.15, 0.2) is 24.3 Å². The first-order chi connectivity index (χ1) is 14.3. The molecule has 4 heteroatoms. The Balaban J connectivity index is 1.79. The van der Waals surface area contributed by atoms with Crippen molar-refractivity contribution in [3.8, 4) is 11.5 Å². The first kappa shape index (κ1) is 6.93. The second-order valence-electron chi connectivity index (χ2n) is 6.32. The number of piperidine rings is 1. The highest BCUT2D eigenvalue weighted by molar-refractivity contribution is 5.62. The van der Waals surface area contributed by atoms with Crippen molar-refractivity contribution in [1.82, 2.24) is 4.90 Å². The summed E-state index contributed by atoms with van der Waals surface area (Å²) in [7, 11) is -2.74. The van der Waals surface area contributed by atoms with Gasteiger partial charge in [-0.1, -0.05) is 18.2 Å². The normalized spacial score (nSPS) is 54.8. The van der Waals surface area contributed by atoms with E-state index in [1.807, 2.05) is 0 Å². The van der Waals surface area contributed by atoms with E-state index in [9.17, 15) is 2.74 Å². The molecule has 1 aromatic carbocycles. The third kappa shape index (κ3) is 1.28. The predicted octanol–water partition coefficient (Wildman–Crippen LogP) is 1.50. The summed E-state index contributed by atoms with van der Waals surface area (Å²) >= 11 is 0. The van der Waals surface area contributed by atoms with E-state index in [1.165, 1.54) is 17.0 Å². The van der Waals surface area contributed by atoms with Crippen LogP contribution in [0.5, 0.6) is 11.5 Å². The summed E-state index contributed by atoms with van der Waals surface area (Å²) in [5.41, 5.74) is -0.0106. The Morgan fingerprint density at radius 2 is 2.55 bits per heavy atom. The Morgan fingerprint density at radius 1 is 1.55 bits per heavy atom. The molecule has 22 heavy (non-hydrogen) atoms. The summed E-state index contributed by atoms with van der Waals surface area (Å²) in [6.45, 7) is -2.49. The maximum absolute atomic E-state index is 9.30. The molecule has 4 aliphatic rings. The fraction of sp³-hybridized carbons (Fsp3) is 0.556. The van der Waals surface area contributed by atoms with E-state index in [-0.39, 0.29) is 30.9 Å². The fourth-order valence-electron chi connectivity index (χ4n) is 4.63. The molecule has 116 valence electrons. The van der Waals surface area contributed by atoms with E-state index < -0.39 is 43.5 Å². The Bertz CT molecular complexity index is 979. The lowest BCUT2D eigenvalue weighted by Crippen LogP contribution is -2.64. The quantitative estimate of drug-likeness (QED) is 0.841. The minimum absolute atomic E-state index is 0.0162. The minimum Gasteiger partial charge on any atom is -0.493 e. The molecule has 0 amide bonds. The molecule has 2 unspecified atom stereocenters. The predicted molar refractivity (Wildman–Crippen MR) is 82.5 cm³/mol. The molecule has 1 aromatic rings. The van der Waals surface area contributed by atoms with Gasteiger partial charge in [0.2, 0.25) is 1.43 Å². The van der Waals surface area contributed by atoms with Gasteiger partial charge in [-0.2, -0.15) is 0 Å². The Kier molecular flexibility index (Phi) is 1.28. The maximum atomic E-state index is 9.30. The molecule has 2 bridgehead atoms. The Morgan fingerprint density at radius 3 is 3.41 bits per heavy atom. The van der Waals surface area contributed by atoms with Crippen molar-refractivity contribution >= 4 is 0 Å². The van der Waals surface area contributed by atoms with Gasteiger partial charge in [-0.3, -0.25) is 0 Å². The number of aliphatic hydroxyl groups excluding tert-OH is 1. The zero-order valence-corrected chi connectivity index (χ0v) is 11.8. The van der Waals surface area contributed by atoms with Gasteiger partial charge in [0.05, 0.1) is 12.5 Å². The van der Waals surface area contributed by atoms with E-state index >= 15 is 0 Å². The number of likely N-dealkylation sites (N-methyl/N-ethyl adjacent to an activating group) is 1. The molecule has 4 nitrogen and oxygen atoms in total. The lowest BCUT2D eigenvalue weighted by Gasteiger charge is -2.56. The molecule has 2 aliphatic heterocycles. The van der Waals surface area contributed by atoms with Crippen molar-refractivity contribution in [2.45, 2.75) is 36.5 Å². The summed E-state index contributed by atoms with van der Waals surface area (Å²) in [5.74, 6) is -0.689. The molecule has 2 aliphatic carbocycles. The molecule has 5 atom stereocenters. The molecule has 5 rings (SSSR count). The molecule has 0 radical (unpaired) electrons. The van der Waals surface area contributed by atoms with Crippen molar-refractivity contribution in [3.63, 3.8) is 0 Å². The van der Waals surface area contributed by atoms with Gasteiger partial charge in [0.1, 0.15) is 12.2 Å². The number of hydrogen-bond donors (Lipinski definition) is 1. The van der Waals surface area contributed by atoms with Crippen molar-refractivity contribution in [2.24, 2.45) is 5.92 Å². The number of benzene rings is 1. The fourth-order valence-corrected chi connectivity index (χ4v) is 4.63. The van der Waals surface area contributed by atoms with Crippen LogP contribution in [0.3, 0.4) is 0 Å². The highest BCUT2D eigenvalue weighted by Gasteiger charge is 2.64. The molecule has 2 heterocycles. The van der Waals surface area contributed by atoms with Crippen LogP contribution in [0.1, 0.15) is 28.5 Å². The van der Waals surface area contributed by atoms with Gasteiger partial charge in [0, 0.05) is 28.4 Å². The van der Waals surface area contributed by atoms with Crippen LogP contribution in [-0.2, 0) is 11.8 Å². The van der Waals surface area contributed by atoms with Gasteiger partial charge in [0.15, 0.2) is 11.5 Å². The summed E-state index contributed by atoms with van der Waals surface area (Å²) in [6, 6.07) is 1.46. The van der Waals surface area contributed by atoms with Crippen LogP contribution < -0.4 is 9.47 Å². The van der Waals surface area contributed by atoms with Crippen molar-refractivity contribution in [3.05, 3.63) is 35.4 Å². The van der Waals surface area contributed by atoms with Gasteiger partial charge in [-0.05, 0) is 38.0 Å². The second-order valence-corrected chi connectivity index (χ2v) is 6.32. The van der Waals surface area contributed by atoms with Crippen LogP contribution in [0, 0.1) is 5.92 Å². The van der Waals surface area contributed by atoms with E-state index in [4.69, 9.17) is 24.2 Å². The maximum Gasteiger partial charge on any atom is 0.211 e. The average molecular weight is 308 g/mol. The second kappa shape index (κ2) is 4.06. The molecule has 0 saturated carbocycles. The van der Waals surface area contributed by atoms with Crippen molar-refractivity contribution in [2.75, 3.05) is 20.6 Å². The summed E-state index contributed by atoms with van der Waals surface area (Å²) in [5, 5.41) is 4.82. The number of methoxy groups -OCH3 is 1. The Labute approximate surface area is 143 Å². The van der Waals surface area contributed by atoms with E-state index in [0.29, 0.717) is 11.1 Å². The van der Waals surface area contributed by atoms with Gasteiger partial charge in [-0.25, -0.2) is 0 Å². The molecular formula is C18H21NO3. The topological polar surface area (TPSA) is 41.9 Å². The first-order valence-corrected chi connectivity index (χ1v) is 7.40. The summed E-state index contributed by atoms with van der Waals surface area (Å²) < 4.78 is 83.7. The van der Waals surface area contributed by atoms with Crippen LogP contribution in [-0.4, -0.2) is 50.2 Å². The number of likely N-dealkylation sites (tertiary alicyclic amines) is 1. The first-order valence-electron chi connectivity index (χ1n) is 11.8. The lowest BCUT2D eigenvalue weighted by molar-refractivity contribution is -0.0453. The monoisotopic (exact) mass is 308 g/mol. The van der Waals surface area contributed by atoms with E-state index in [1.54, 1.807) is 12.1 Å². The summed E-state index contributed by atoms with van der Waals surface area (Å²) in [4.78, 5) is 1.19. The molecular weight excluding hydrogens is 278 g/mol. The zero-order valence-electron chi connectivity index (χ0n) is 20.8. The molecule has 1 spiro atoms. The third-order valence-electron chi connectivity index (χ3n) is 5.49. The largest absolute Gasteiger partial charge is 0.493 e. The highest BCUT2D eigenvalue weighted by Crippen LogP contribution is 2.62. The van der Waals surface area contributed by atoms with Crippen molar-refractivity contribution in [1.29, 1.82) is 1.43 Å². The SMILES string of the molecule is [2H]OC1C=C[C@H]2[C@@]3([2H])Cc4ccc(OC([2H])([2H])[2H])c5c4[C@@]2(CCN3C([2H])([2H])[2H])C1([2H])O5. The average Bonchev–Trinajstić information content (AvgIpc) is 2.89. The van der Waals surface area contributed by atoms with Gasteiger partial charge >= 0.3 is 0 Å². The molecule has 1 saturated heterocycles. The van der Waals surface area contributed by atoms with Crippen LogP contribution in [0.4, 0.5) is 0 Å². The van der Waals surface area contributed by atoms with Gasteiger partial charge in [0.25, 0.3) is 0 Å². The third-order valence-corrected chi connectivity index (χ3v) is 5.49. The van der Waals surface area contributed by atoms with E-state index in [2.05, 4.69) is 0 Å². The smallest absolute Gasteiger partial charge is 0.211 e. The van der Waals surface area contributed by atoms with E-state index in [0.717, 1.165) is 0 Å². The number of rotatable bonds is 2.